The van der Waals surface area contributed by atoms with E-state index in [9.17, 15) is 31.1 Å². The first-order chi connectivity index (χ1) is 13.9. The minimum atomic E-state index is -4.94. The first-order valence-corrected chi connectivity index (χ1v) is 8.87. The Morgan fingerprint density at radius 1 is 1.03 bits per heavy atom. The largest absolute Gasteiger partial charge is 0.445 e. The molecule has 1 aliphatic rings. The van der Waals surface area contributed by atoms with Crippen LogP contribution in [-0.4, -0.2) is 18.2 Å². The lowest BCUT2D eigenvalue weighted by atomic mass is 10.00. The molecule has 2 aromatic rings. The summed E-state index contributed by atoms with van der Waals surface area (Å²) in [6, 6.07) is 9.46. The van der Waals surface area contributed by atoms with Gasteiger partial charge < -0.3 is 14.8 Å². The maximum atomic E-state index is 13.0. The maximum absolute atomic E-state index is 13.0. The second kappa shape index (κ2) is 8.17. The van der Waals surface area contributed by atoms with E-state index in [2.05, 4.69) is 5.32 Å². The first kappa shape index (κ1) is 21.9. The van der Waals surface area contributed by atoms with Crippen LogP contribution in [0.25, 0.3) is 0 Å². The van der Waals surface area contributed by atoms with Gasteiger partial charge in [-0.3, -0.25) is 0 Å². The maximum Gasteiger partial charge on any atom is 0.416 e. The van der Waals surface area contributed by atoms with Crippen LogP contribution < -0.4 is 5.32 Å². The molecule has 0 saturated carbocycles. The Morgan fingerprint density at radius 3 is 2.13 bits per heavy atom. The molecular weight excluding hydrogens is 416 g/mol. The number of ether oxygens (including phenoxy) is 2. The predicted octanol–water partition coefficient (Wildman–Crippen LogP) is 5.48. The molecule has 0 spiro atoms. The topological polar surface area (TPSA) is 50.9 Å². The molecule has 4 nitrogen and oxygen atoms in total. The molecule has 2 aromatic carbocycles. The number of rotatable bonds is 5. The van der Waals surface area contributed by atoms with E-state index in [1.807, 2.05) is 0 Å². The third-order valence-corrected chi connectivity index (χ3v) is 4.52. The van der Waals surface area contributed by atoms with Crippen molar-refractivity contribution >= 4 is 6.09 Å². The summed E-state index contributed by atoms with van der Waals surface area (Å²) >= 11 is 0. The van der Waals surface area contributed by atoms with Crippen LogP contribution in [0.1, 0.15) is 35.3 Å². The number of nitrogens with one attached hydrogen (secondary N) is 1. The van der Waals surface area contributed by atoms with Crippen LogP contribution in [0.5, 0.6) is 0 Å². The lowest BCUT2D eigenvalue weighted by Crippen LogP contribution is -2.36. The summed E-state index contributed by atoms with van der Waals surface area (Å²) < 4.78 is 88.2. The van der Waals surface area contributed by atoms with Crippen molar-refractivity contribution in [2.24, 2.45) is 0 Å². The highest BCUT2D eigenvalue weighted by Gasteiger charge is 2.47. The SMILES string of the molecule is CC(NC(=O)OCc1ccccc1)C1OC1c1cc(C(F)(F)F)cc(C(F)(F)F)c1. The van der Waals surface area contributed by atoms with Crippen molar-refractivity contribution in [3.8, 4) is 0 Å². The monoisotopic (exact) mass is 433 g/mol. The van der Waals surface area contributed by atoms with Gasteiger partial charge in [-0.25, -0.2) is 4.79 Å². The normalized spacial score (nSPS) is 19.8. The molecule has 0 aromatic heterocycles. The van der Waals surface area contributed by atoms with Crippen LogP contribution in [0.2, 0.25) is 0 Å². The van der Waals surface area contributed by atoms with Crippen LogP contribution in [0.3, 0.4) is 0 Å². The number of alkyl carbamates (subject to hydrolysis) is 1. The quantitative estimate of drug-likeness (QED) is 0.502. The Bertz CT molecular complexity index is 865. The molecule has 0 bridgehead atoms. The summed E-state index contributed by atoms with van der Waals surface area (Å²) in [5.74, 6) is 0. The van der Waals surface area contributed by atoms with Gasteiger partial charge in [0.15, 0.2) is 0 Å². The van der Waals surface area contributed by atoms with Crippen molar-refractivity contribution < 1.29 is 40.6 Å². The zero-order valence-corrected chi connectivity index (χ0v) is 15.6. The third kappa shape index (κ3) is 5.44. The Labute approximate surface area is 167 Å². The number of hydrogen-bond donors (Lipinski definition) is 1. The van der Waals surface area contributed by atoms with Gasteiger partial charge in [-0.15, -0.1) is 0 Å². The second-order valence-corrected chi connectivity index (χ2v) is 6.86. The van der Waals surface area contributed by atoms with Crippen LogP contribution in [0, 0.1) is 0 Å². The van der Waals surface area contributed by atoms with E-state index in [1.165, 1.54) is 6.92 Å². The summed E-state index contributed by atoms with van der Waals surface area (Å²) in [5, 5.41) is 2.47. The summed E-state index contributed by atoms with van der Waals surface area (Å²) in [4.78, 5) is 11.9. The zero-order valence-electron chi connectivity index (χ0n) is 15.6. The van der Waals surface area contributed by atoms with Crippen molar-refractivity contribution in [2.75, 3.05) is 0 Å². The number of carbonyl (C=O) groups excluding carboxylic acids is 1. The predicted molar refractivity (Wildman–Crippen MR) is 93.3 cm³/mol. The van der Waals surface area contributed by atoms with Crippen LogP contribution in [0.4, 0.5) is 31.1 Å². The van der Waals surface area contributed by atoms with Gasteiger partial charge in [0, 0.05) is 0 Å². The van der Waals surface area contributed by atoms with E-state index in [-0.39, 0.29) is 18.2 Å². The van der Waals surface area contributed by atoms with Crippen molar-refractivity contribution in [1.82, 2.24) is 5.32 Å². The number of halogens is 6. The third-order valence-electron chi connectivity index (χ3n) is 4.52. The number of hydrogen-bond acceptors (Lipinski definition) is 3. The summed E-state index contributed by atoms with van der Waals surface area (Å²) in [6.45, 7) is 1.53. The minimum absolute atomic E-state index is 0.0108. The van der Waals surface area contributed by atoms with Gasteiger partial charge in [0.25, 0.3) is 0 Å². The highest BCUT2D eigenvalue weighted by Crippen LogP contribution is 2.45. The van der Waals surface area contributed by atoms with Gasteiger partial charge >= 0.3 is 18.4 Å². The molecule has 0 aliphatic carbocycles. The molecule has 1 aliphatic heterocycles. The fraction of sp³-hybridized carbons (Fsp3) is 0.350. The average Bonchev–Trinajstić information content (AvgIpc) is 3.46. The molecule has 30 heavy (non-hydrogen) atoms. The smallest absolute Gasteiger partial charge is 0.416 e. The van der Waals surface area contributed by atoms with Crippen molar-refractivity contribution in [2.45, 2.75) is 44.1 Å². The van der Waals surface area contributed by atoms with Crippen LogP contribution in [-0.2, 0) is 28.4 Å². The Balaban J connectivity index is 1.64. The van der Waals surface area contributed by atoms with E-state index >= 15 is 0 Å². The Hall–Kier alpha value is -2.75. The van der Waals surface area contributed by atoms with E-state index < -0.39 is 47.8 Å². The van der Waals surface area contributed by atoms with Gasteiger partial charge in [-0.2, -0.15) is 26.3 Å². The standard InChI is InChI=1S/C20H17F6NO3/c1-11(27-18(28)29-10-12-5-3-2-4-6-12)16-17(30-16)13-7-14(19(21,22)23)9-15(8-13)20(24,25)26/h2-9,11,16-17H,10H2,1H3,(H,27,28). The number of carbonyl (C=O) groups is 1. The summed E-state index contributed by atoms with van der Waals surface area (Å²) in [6.07, 6.45) is -12.4. The number of benzene rings is 2. The molecule has 1 amide bonds. The van der Waals surface area contributed by atoms with E-state index in [1.54, 1.807) is 30.3 Å². The Kier molecular flexibility index (Phi) is 5.98. The van der Waals surface area contributed by atoms with Gasteiger partial charge in [0.1, 0.15) is 18.8 Å². The molecule has 3 unspecified atom stereocenters. The van der Waals surface area contributed by atoms with E-state index in [0.29, 0.717) is 12.1 Å². The summed E-state index contributed by atoms with van der Waals surface area (Å²) in [5.41, 5.74) is -2.33. The fourth-order valence-electron chi connectivity index (χ4n) is 2.95. The van der Waals surface area contributed by atoms with Crippen molar-refractivity contribution in [1.29, 1.82) is 0 Å². The molecule has 1 heterocycles. The van der Waals surface area contributed by atoms with Crippen molar-refractivity contribution in [3.05, 3.63) is 70.8 Å². The van der Waals surface area contributed by atoms with E-state index in [0.717, 1.165) is 5.56 Å². The number of alkyl halides is 6. The molecular formula is C20H17F6NO3. The summed E-state index contributed by atoms with van der Waals surface area (Å²) in [7, 11) is 0. The Morgan fingerprint density at radius 2 is 1.60 bits per heavy atom. The lowest BCUT2D eigenvalue weighted by Gasteiger charge is -2.14. The lowest BCUT2D eigenvalue weighted by molar-refractivity contribution is -0.143. The number of amides is 1. The highest BCUT2D eigenvalue weighted by molar-refractivity contribution is 5.67. The molecule has 10 heteroatoms. The average molecular weight is 433 g/mol. The van der Waals surface area contributed by atoms with Gasteiger partial charge in [0.2, 0.25) is 0 Å². The van der Waals surface area contributed by atoms with Crippen molar-refractivity contribution in [3.63, 3.8) is 0 Å². The highest BCUT2D eigenvalue weighted by atomic mass is 19.4. The van der Waals surface area contributed by atoms with Gasteiger partial charge in [-0.1, -0.05) is 30.3 Å². The van der Waals surface area contributed by atoms with E-state index in [4.69, 9.17) is 9.47 Å². The minimum Gasteiger partial charge on any atom is -0.445 e. The molecule has 1 fully saturated rings. The fourth-order valence-corrected chi connectivity index (χ4v) is 2.95. The van der Waals surface area contributed by atoms with Crippen LogP contribution in [0.15, 0.2) is 48.5 Å². The van der Waals surface area contributed by atoms with Crippen LogP contribution >= 0.6 is 0 Å². The zero-order chi connectivity index (χ0) is 22.1. The van der Waals surface area contributed by atoms with Gasteiger partial charge in [0.05, 0.1) is 17.2 Å². The molecule has 0 radical (unpaired) electrons. The first-order valence-electron chi connectivity index (χ1n) is 8.87. The molecule has 1 N–H and O–H groups in total. The van der Waals surface area contributed by atoms with Gasteiger partial charge in [-0.05, 0) is 36.2 Å². The molecule has 3 rings (SSSR count). The molecule has 162 valence electrons. The second-order valence-electron chi connectivity index (χ2n) is 6.86. The molecule has 1 saturated heterocycles. The molecule has 3 atom stereocenters. The number of epoxide rings is 1.